The predicted octanol–water partition coefficient (Wildman–Crippen LogP) is 7.00. The number of ketones is 2. The Balaban J connectivity index is 1.67. The van der Waals surface area contributed by atoms with Crippen LogP contribution in [0, 0.1) is 51.4 Å². The van der Waals surface area contributed by atoms with Crippen LogP contribution >= 0.6 is 0 Å². The van der Waals surface area contributed by atoms with Gasteiger partial charge in [0.05, 0.1) is 12.5 Å². The van der Waals surface area contributed by atoms with Crippen molar-refractivity contribution in [2.75, 3.05) is 0 Å². The molecule has 1 N–H and O–H groups in total. The molecule has 5 nitrogen and oxygen atoms in total. The zero-order valence-corrected chi connectivity index (χ0v) is 25.1. The first-order valence-corrected chi connectivity index (χ1v) is 14.6. The highest BCUT2D eigenvalue weighted by Gasteiger charge is 2.70. The maximum atomic E-state index is 14.4. The summed E-state index contributed by atoms with van der Waals surface area (Å²) in [4.78, 5) is 43.9. The fourth-order valence-electron chi connectivity index (χ4n) is 9.41. The van der Waals surface area contributed by atoms with Crippen LogP contribution in [0.1, 0.15) is 100 Å². The molecule has 0 aromatic rings. The number of hydrogen-bond donors (Lipinski definition) is 1. The molecule has 5 atom stereocenters. The van der Waals surface area contributed by atoms with E-state index in [-0.39, 0.29) is 28.6 Å². The smallest absolute Gasteiger partial charge is 0.321 e. The van der Waals surface area contributed by atoms with Gasteiger partial charge in [-0.15, -0.1) is 0 Å². The van der Waals surface area contributed by atoms with E-state index in [1.54, 1.807) is 6.08 Å². The predicted molar refractivity (Wildman–Crippen MR) is 148 cm³/mol. The second-order valence-corrected chi connectivity index (χ2v) is 15.3. The lowest BCUT2D eigenvalue weighted by Gasteiger charge is -2.69. The normalized spacial score (nSPS) is 40.9. The summed E-state index contributed by atoms with van der Waals surface area (Å²) < 4.78 is 28.3. The molecule has 0 aliphatic heterocycles. The molecule has 2 radical (unpaired) electrons. The minimum Gasteiger partial charge on any atom is -0.345 e. The van der Waals surface area contributed by atoms with Crippen molar-refractivity contribution in [3.8, 4) is 0 Å². The third-order valence-electron chi connectivity index (χ3n) is 11.9. The molecule has 5 aliphatic carbocycles. The molecule has 0 aromatic heterocycles. The van der Waals surface area contributed by atoms with E-state index in [1.807, 2.05) is 19.9 Å². The van der Waals surface area contributed by atoms with Gasteiger partial charge in [-0.2, -0.15) is 8.78 Å². The quantitative estimate of drug-likeness (QED) is 0.375. The Hall–Kier alpha value is -2.36. The molecule has 7 heteroatoms. The van der Waals surface area contributed by atoms with Crippen LogP contribution in [0.3, 0.4) is 0 Å². The number of alkyl halides is 2. The zero-order valence-electron chi connectivity index (χ0n) is 25.1. The van der Waals surface area contributed by atoms with Crippen LogP contribution in [0.5, 0.6) is 0 Å². The summed E-state index contributed by atoms with van der Waals surface area (Å²) >= 11 is 0. The number of rotatable bonds is 2. The minimum absolute atomic E-state index is 0.0507. The van der Waals surface area contributed by atoms with Crippen molar-refractivity contribution in [3.63, 3.8) is 0 Å². The Morgan fingerprint density at radius 3 is 2.23 bits per heavy atom. The van der Waals surface area contributed by atoms with Crippen LogP contribution in [0.4, 0.5) is 8.78 Å². The number of halogens is 2. The molecule has 5 aliphatic rings. The van der Waals surface area contributed by atoms with E-state index in [0.717, 1.165) is 30.8 Å². The molecule has 216 valence electrons. The Labute approximate surface area is 237 Å². The topological polar surface area (TPSA) is 67.6 Å². The molecule has 0 bridgehead atoms. The Morgan fingerprint density at radius 2 is 1.62 bits per heavy atom. The number of amides is 1. The molecule has 3 fully saturated rings. The van der Waals surface area contributed by atoms with Crippen molar-refractivity contribution in [2.24, 2.45) is 33.0 Å². The summed E-state index contributed by atoms with van der Waals surface area (Å²) in [6.45, 7) is 22.9. The molecule has 40 heavy (non-hydrogen) atoms. The number of nitrogens with zero attached hydrogens (tertiary/aromatic N) is 1. The number of carbonyl (C=O) groups is 3. The highest BCUT2D eigenvalue weighted by molar-refractivity contribution is 6.08. The highest BCUT2D eigenvalue weighted by atomic mass is 19.3. The van der Waals surface area contributed by atoms with E-state index in [1.165, 1.54) is 0 Å². The average Bonchev–Trinajstić information content (AvgIpc) is 2.83. The molecular weight excluding hydrogens is 510 g/mol. The van der Waals surface area contributed by atoms with Gasteiger partial charge < -0.3 is 10.1 Å². The number of fused-ring (bicyclic) bond motifs is 7. The molecule has 1 amide bonds. The summed E-state index contributed by atoms with van der Waals surface area (Å²) in [5.74, 6) is -3.62. The maximum absolute atomic E-state index is 14.4. The number of nitrogens with one attached hydrogen (secondary N) is 1. The van der Waals surface area contributed by atoms with E-state index in [2.05, 4.69) is 44.8 Å². The Kier molecular flexibility index (Phi) is 6.09. The SMILES string of the molecule is [C-]#[N+]C1=C[C@]2(C)C3=CC(=O)[C]4[C]5CC(C)(C)CC[C@]5(NC(=O)C(C)(F)F)CC[C@@]4(C)[C@]3(C)CC[C@H]2C(C)(C)C1=O. The van der Waals surface area contributed by atoms with Crippen LogP contribution < -0.4 is 5.32 Å². The standard InChI is InChI=1S/C33H42F2N2O3/c1-27(2)12-14-33(37-26(40)32(8,34)35)15-13-31(7)24(19(33)17-27)21(38)16-23-29(5)18-20(36-9)25(39)28(3,4)22(29)10-11-30(23,31)6/h16,18,22H,10-15,17H2,1-8H3,(H,37,40)/t22-,29-,30+,31+,33-/m0/s1. The van der Waals surface area contributed by atoms with Gasteiger partial charge in [-0.25, -0.2) is 4.85 Å². The molecule has 0 aromatic carbocycles. The van der Waals surface area contributed by atoms with Crippen molar-refractivity contribution in [1.82, 2.24) is 5.32 Å². The van der Waals surface area contributed by atoms with Gasteiger partial charge in [0.25, 0.3) is 5.91 Å². The van der Waals surface area contributed by atoms with Gasteiger partial charge in [-0.05, 0) is 73.2 Å². The van der Waals surface area contributed by atoms with Crippen LogP contribution in [-0.4, -0.2) is 28.9 Å². The van der Waals surface area contributed by atoms with Crippen molar-refractivity contribution in [2.45, 2.75) is 112 Å². The van der Waals surface area contributed by atoms with Crippen molar-refractivity contribution < 1.29 is 23.2 Å². The molecule has 0 saturated heterocycles. The fourth-order valence-corrected chi connectivity index (χ4v) is 9.41. The van der Waals surface area contributed by atoms with Gasteiger partial charge >= 0.3 is 5.92 Å². The maximum Gasteiger partial charge on any atom is 0.321 e. The Morgan fingerprint density at radius 1 is 1.00 bits per heavy atom. The summed E-state index contributed by atoms with van der Waals surface area (Å²) in [5.41, 5.74) is -2.39. The molecule has 0 heterocycles. The third-order valence-corrected chi connectivity index (χ3v) is 11.9. The lowest BCUT2D eigenvalue weighted by atomic mass is 9.35. The van der Waals surface area contributed by atoms with Crippen LogP contribution in [0.15, 0.2) is 23.4 Å². The molecule has 3 saturated carbocycles. The Bertz CT molecular complexity index is 1300. The van der Waals surface area contributed by atoms with E-state index >= 15 is 0 Å². The van der Waals surface area contributed by atoms with E-state index in [4.69, 9.17) is 6.57 Å². The molecule has 0 spiro atoms. The van der Waals surface area contributed by atoms with Crippen LogP contribution in [0.25, 0.3) is 4.85 Å². The first-order chi connectivity index (χ1) is 18.2. The first kappa shape index (κ1) is 29.1. The van der Waals surface area contributed by atoms with Gasteiger partial charge in [-0.3, -0.25) is 9.59 Å². The van der Waals surface area contributed by atoms with Gasteiger partial charge in [0, 0.05) is 29.2 Å². The van der Waals surface area contributed by atoms with Crippen molar-refractivity contribution in [1.29, 1.82) is 0 Å². The minimum atomic E-state index is -3.51. The number of Topliss-reactive ketones (excluding diaryl/α,β-unsaturated/α-hetero) is 1. The summed E-state index contributed by atoms with van der Waals surface area (Å²) in [6.07, 6.45) is 8.00. The molecular formula is C33H42F2N2O3. The summed E-state index contributed by atoms with van der Waals surface area (Å²) in [7, 11) is 0. The monoisotopic (exact) mass is 552 g/mol. The highest BCUT2D eigenvalue weighted by Crippen LogP contribution is 2.74. The van der Waals surface area contributed by atoms with Gasteiger partial charge in [-0.1, -0.05) is 60.1 Å². The van der Waals surface area contributed by atoms with Crippen LogP contribution in [0.2, 0.25) is 0 Å². The third kappa shape index (κ3) is 3.69. The van der Waals surface area contributed by atoms with Gasteiger partial charge in [0.2, 0.25) is 5.70 Å². The lowest BCUT2D eigenvalue weighted by molar-refractivity contribution is -0.147. The van der Waals surface area contributed by atoms with Gasteiger partial charge in [0.15, 0.2) is 11.6 Å². The number of carbonyl (C=O) groups excluding carboxylic acids is 3. The van der Waals surface area contributed by atoms with Gasteiger partial charge in [0.1, 0.15) is 0 Å². The van der Waals surface area contributed by atoms with E-state index < -0.39 is 39.0 Å². The fraction of sp³-hybridized carbons (Fsp3) is 0.697. The average molecular weight is 553 g/mol. The largest absolute Gasteiger partial charge is 0.345 e. The van der Waals surface area contributed by atoms with E-state index in [0.29, 0.717) is 38.5 Å². The van der Waals surface area contributed by atoms with Crippen molar-refractivity contribution >= 4 is 17.5 Å². The summed E-state index contributed by atoms with van der Waals surface area (Å²) in [6, 6.07) is 0. The van der Waals surface area contributed by atoms with E-state index in [9.17, 15) is 23.2 Å². The first-order valence-electron chi connectivity index (χ1n) is 14.6. The molecule has 5 rings (SSSR count). The second-order valence-electron chi connectivity index (χ2n) is 15.3. The zero-order chi connectivity index (χ0) is 29.9. The summed E-state index contributed by atoms with van der Waals surface area (Å²) in [5, 5.41) is 2.75. The van der Waals surface area contributed by atoms with Crippen LogP contribution in [-0.2, 0) is 14.4 Å². The molecule has 0 unspecified atom stereocenters. The van der Waals surface area contributed by atoms with Crippen molar-refractivity contribution in [3.05, 3.63) is 46.7 Å². The number of allylic oxidation sites excluding steroid dienone is 4. The number of hydrogen-bond acceptors (Lipinski definition) is 3. The second kappa shape index (κ2) is 8.35. The lowest BCUT2D eigenvalue weighted by Crippen LogP contribution is -2.69.